The van der Waals surface area contributed by atoms with Crippen LogP contribution in [0.4, 0.5) is 9.11 Å². The summed E-state index contributed by atoms with van der Waals surface area (Å²) >= 11 is 0. The molecule has 0 fully saturated rings. The van der Waals surface area contributed by atoms with Crippen molar-refractivity contribution in [1.29, 1.82) is 0 Å². The van der Waals surface area contributed by atoms with Gasteiger partial charge in [0.1, 0.15) is 6.61 Å². The molecule has 0 radical (unpaired) electrons. The van der Waals surface area contributed by atoms with Gasteiger partial charge in [-0.05, 0) is 70.4 Å². The van der Waals surface area contributed by atoms with Crippen molar-refractivity contribution in [3.63, 3.8) is 0 Å². The topological polar surface area (TPSA) is 64.8 Å². The van der Waals surface area contributed by atoms with Crippen LogP contribution in [0.2, 0.25) is 0 Å². The van der Waals surface area contributed by atoms with E-state index < -0.39 is 13.4 Å². The summed E-state index contributed by atoms with van der Waals surface area (Å²) in [4.78, 5) is 16.3. The number of amides is 1. The summed E-state index contributed by atoms with van der Waals surface area (Å²) in [5.74, 6) is 0.268. The second kappa shape index (κ2) is 9.04. The van der Waals surface area contributed by atoms with E-state index in [0.29, 0.717) is 6.61 Å². The van der Waals surface area contributed by atoms with E-state index in [4.69, 9.17) is 9.39 Å². The summed E-state index contributed by atoms with van der Waals surface area (Å²) in [7, 11) is -1.67. The average Bonchev–Trinajstić information content (AvgIpc) is 3.15. The van der Waals surface area contributed by atoms with Gasteiger partial charge in [-0.1, -0.05) is 11.6 Å². The fourth-order valence-corrected chi connectivity index (χ4v) is 3.77. The third-order valence-corrected chi connectivity index (χ3v) is 5.38. The quantitative estimate of drug-likeness (QED) is 0.391. The van der Waals surface area contributed by atoms with E-state index in [9.17, 15) is 4.79 Å². The van der Waals surface area contributed by atoms with Gasteiger partial charge in [0.2, 0.25) is 0 Å². The number of nitrogens with one attached hydrogen (secondary N) is 1. The Balaban J connectivity index is 1.60. The lowest BCUT2D eigenvalue weighted by Gasteiger charge is -2.16. The van der Waals surface area contributed by atoms with Gasteiger partial charge in [-0.15, -0.1) is 0 Å². The Labute approximate surface area is 177 Å². The molecule has 2 heterocycles. The Kier molecular flexibility index (Phi) is 6.66. The van der Waals surface area contributed by atoms with Crippen molar-refractivity contribution in [2.45, 2.75) is 41.5 Å². The van der Waals surface area contributed by atoms with Crippen LogP contribution in [0, 0.1) is 19.8 Å². The monoisotopic (exact) mass is 413 g/mol. The summed E-state index contributed by atoms with van der Waals surface area (Å²) in [5.41, 5.74) is 7.49. The minimum Gasteiger partial charge on any atom is -0.449 e. The molecular formula is C22H29BFN3O3. The Bertz CT molecular complexity index is 975. The SMILES string of the molecule is CC1=CC(C)=N/C1=C(/C)c1c(C)cc(C)n1B(F)OCCNC(=O)OCC1C=C1C. The van der Waals surface area contributed by atoms with Gasteiger partial charge in [0, 0.05) is 29.6 Å². The first-order chi connectivity index (χ1) is 14.2. The molecule has 0 spiro atoms. The molecule has 1 N–H and O–H groups in total. The number of nitrogens with zero attached hydrogens (tertiary/aromatic N) is 2. The van der Waals surface area contributed by atoms with Crippen molar-refractivity contribution >= 4 is 24.7 Å². The molecule has 0 bridgehead atoms. The number of aliphatic imine (C=N–C) groups is 1. The van der Waals surface area contributed by atoms with Gasteiger partial charge in [-0.25, -0.2) is 4.79 Å². The minimum absolute atomic E-state index is 0.0267. The second-order valence-corrected chi connectivity index (χ2v) is 7.95. The molecule has 1 unspecified atom stereocenters. The predicted molar refractivity (Wildman–Crippen MR) is 118 cm³/mol. The zero-order valence-electron chi connectivity index (χ0n) is 18.5. The number of rotatable bonds is 8. The number of allylic oxidation sites excluding steroid dienone is 3. The number of aromatic nitrogens is 1. The number of alkyl carbamates (subject to hydrolysis) is 1. The molecule has 30 heavy (non-hydrogen) atoms. The molecule has 1 amide bonds. The van der Waals surface area contributed by atoms with E-state index in [0.717, 1.165) is 39.5 Å². The Hall–Kier alpha value is -2.61. The van der Waals surface area contributed by atoms with Gasteiger partial charge in [0.05, 0.1) is 12.3 Å². The van der Waals surface area contributed by atoms with Crippen molar-refractivity contribution in [1.82, 2.24) is 9.79 Å². The Morgan fingerprint density at radius 3 is 2.60 bits per heavy atom. The third-order valence-electron chi connectivity index (χ3n) is 5.38. The van der Waals surface area contributed by atoms with E-state index in [1.165, 1.54) is 10.1 Å². The van der Waals surface area contributed by atoms with Crippen LogP contribution in [0.15, 0.2) is 40.1 Å². The normalized spacial score (nSPS) is 19.2. The van der Waals surface area contributed by atoms with Crippen LogP contribution >= 0.6 is 0 Å². The molecule has 0 saturated carbocycles. The number of aryl methyl sites for hydroxylation is 2. The summed E-state index contributed by atoms with van der Waals surface area (Å²) in [6.07, 6.45) is 3.53. The van der Waals surface area contributed by atoms with Crippen LogP contribution in [-0.2, 0) is 9.39 Å². The third kappa shape index (κ3) is 4.93. The van der Waals surface area contributed by atoms with Crippen LogP contribution in [0.1, 0.15) is 44.6 Å². The van der Waals surface area contributed by atoms with Crippen molar-refractivity contribution in [2.24, 2.45) is 10.9 Å². The standard InChI is InChI=1S/C22H29BFN3O3/c1-13-11-19(13)12-29-22(28)25-7-8-30-23(24)27-17(5)10-15(3)21(27)18(6)20-14(2)9-16(4)26-20/h9-11,19H,7-8,12H2,1-6H3,(H,25,28)/b20-18-. The maximum absolute atomic E-state index is 15.0. The van der Waals surface area contributed by atoms with Crippen LogP contribution in [0.5, 0.6) is 0 Å². The number of carbonyl (C=O) groups excluding carboxylic acids is 1. The number of carbonyl (C=O) groups is 1. The molecule has 0 saturated heterocycles. The first-order valence-electron chi connectivity index (χ1n) is 10.2. The van der Waals surface area contributed by atoms with Crippen LogP contribution < -0.4 is 5.32 Å². The maximum Gasteiger partial charge on any atom is 0.637 e. The van der Waals surface area contributed by atoms with Gasteiger partial charge in [0.15, 0.2) is 0 Å². The first-order valence-corrected chi connectivity index (χ1v) is 10.2. The van der Waals surface area contributed by atoms with Crippen LogP contribution in [0.3, 0.4) is 0 Å². The zero-order chi connectivity index (χ0) is 22.0. The fraction of sp³-hybridized carbons (Fsp3) is 0.455. The molecule has 1 aliphatic carbocycles. The Morgan fingerprint density at radius 1 is 1.30 bits per heavy atom. The summed E-state index contributed by atoms with van der Waals surface area (Å²) in [5, 5.41) is 2.58. The number of hydrogen-bond acceptors (Lipinski definition) is 4. The molecule has 0 aromatic carbocycles. The van der Waals surface area contributed by atoms with E-state index in [-0.39, 0.29) is 19.1 Å². The molecule has 6 nitrogen and oxygen atoms in total. The second-order valence-electron chi connectivity index (χ2n) is 7.95. The first kappa shape index (κ1) is 22.1. The van der Waals surface area contributed by atoms with Crippen molar-refractivity contribution in [2.75, 3.05) is 19.8 Å². The van der Waals surface area contributed by atoms with Crippen molar-refractivity contribution < 1.29 is 18.5 Å². The summed E-state index contributed by atoms with van der Waals surface area (Å²) < 4.78 is 27.0. The van der Waals surface area contributed by atoms with Gasteiger partial charge in [-0.3, -0.25) is 9.31 Å². The highest BCUT2D eigenvalue weighted by atomic mass is 19.1. The van der Waals surface area contributed by atoms with Gasteiger partial charge >= 0.3 is 13.4 Å². The summed E-state index contributed by atoms with van der Waals surface area (Å²) in [6.45, 7) is 12.2. The van der Waals surface area contributed by atoms with E-state index in [1.54, 1.807) is 0 Å². The highest BCUT2D eigenvalue weighted by molar-refractivity contribution is 6.42. The lowest BCUT2D eigenvalue weighted by Crippen LogP contribution is -2.33. The minimum atomic E-state index is -1.67. The predicted octanol–water partition coefficient (Wildman–Crippen LogP) is 4.38. The van der Waals surface area contributed by atoms with E-state index >= 15 is 4.32 Å². The molecule has 3 rings (SSSR count). The average molecular weight is 413 g/mol. The molecular weight excluding hydrogens is 384 g/mol. The highest BCUT2D eigenvalue weighted by Gasteiger charge is 2.28. The van der Waals surface area contributed by atoms with Crippen LogP contribution in [-0.4, -0.2) is 43.4 Å². The molecule has 8 heteroatoms. The molecule has 160 valence electrons. The fourth-order valence-electron chi connectivity index (χ4n) is 3.77. The lowest BCUT2D eigenvalue weighted by molar-refractivity contribution is 0.140. The van der Waals surface area contributed by atoms with Gasteiger partial charge < -0.3 is 19.2 Å². The molecule has 1 atom stereocenters. The zero-order valence-corrected chi connectivity index (χ0v) is 18.5. The number of hydrogen-bond donors (Lipinski definition) is 1. The Morgan fingerprint density at radius 2 is 2.00 bits per heavy atom. The van der Waals surface area contributed by atoms with Gasteiger partial charge in [-0.2, -0.15) is 0 Å². The molecule has 1 aliphatic heterocycles. The molecule has 2 aliphatic rings. The van der Waals surface area contributed by atoms with E-state index in [2.05, 4.69) is 10.3 Å². The molecule has 1 aromatic heterocycles. The number of halogens is 1. The summed E-state index contributed by atoms with van der Waals surface area (Å²) in [6, 6.07) is 1.93. The lowest BCUT2D eigenvalue weighted by atomic mass is 10.0. The number of ether oxygens (including phenoxy) is 1. The molecule has 1 aromatic rings. The van der Waals surface area contributed by atoms with E-state index in [1.807, 2.05) is 59.8 Å². The van der Waals surface area contributed by atoms with Crippen molar-refractivity contribution in [3.05, 3.63) is 52.0 Å². The smallest absolute Gasteiger partial charge is 0.449 e. The highest BCUT2D eigenvalue weighted by Crippen LogP contribution is 2.32. The van der Waals surface area contributed by atoms with Crippen molar-refractivity contribution in [3.8, 4) is 0 Å². The largest absolute Gasteiger partial charge is 0.637 e. The maximum atomic E-state index is 15.0. The van der Waals surface area contributed by atoms with Gasteiger partial charge in [0.25, 0.3) is 0 Å². The van der Waals surface area contributed by atoms with Crippen LogP contribution in [0.25, 0.3) is 5.57 Å².